The Morgan fingerprint density at radius 1 is 1.21 bits per heavy atom. The van der Waals surface area contributed by atoms with Crippen LogP contribution in [0.15, 0.2) is 42.7 Å². The molecule has 0 unspecified atom stereocenters. The van der Waals surface area contributed by atoms with Crippen molar-refractivity contribution in [2.45, 2.75) is 26.1 Å². The molecular formula is C18H21N5O. The zero-order valence-electron chi connectivity index (χ0n) is 13.8. The van der Waals surface area contributed by atoms with Gasteiger partial charge in [-0.2, -0.15) is 5.10 Å². The summed E-state index contributed by atoms with van der Waals surface area (Å²) in [6.45, 7) is 6.09. The van der Waals surface area contributed by atoms with E-state index < -0.39 is 0 Å². The second kappa shape index (κ2) is 6.67. The lowest BCUT2D eigenvalue weighted by molar-refractivity contribution is -0.0408. The molecule has 0 spiro atoms. The molecule has 1 aliphatic heterocycles. The summed E-state index contributed by atoms with van der Waals surface area (Å²) < 4.78 is 7.79. The lowest BCUT2D eigenvalue weighted by atomic mass is 10.2. The van der Waals surface area contributed by atoms with Gasteiger partial charge in [-0.25, -0.2) is 9.97 Å². The van der Waals surface area contributed by atoms with E-state index in [9.17, 15) is 0 Å². The highest BCUT2D eigenvalue weighted by Gasteiger charge is 2.22. The summed E-state index contributed by atoms with van der Waals surface area (Å²) in [4.78, 5) is 11.8. The van der Waals surface area contributed by atoms with Crippen molar-refractivity contribution in [3.8, 4) is 0 Å². The van der Waals surface area contributed by atoms with Crippen molar-refractivity contribution in [3.05, 3.63) is 54.2 Å². The minimum Gasteiger partial charge on any atom is -0.374 e. The van der Waals surface area contributed by atoms with Gasteiger partial charge in [0, 0.05) is 36.6 Å². The van der Waals surface area contributed by atoms with E-state index in [2.05, 4.69) is 21.0 Å². The standard InChI is InChI=1S/C18H21N5O/c1-14-16-5-2-3-6-17(16)21-18(20-14)13-22-9-10-24-15(11-22)12-23-8-4-7-19-23/h2-8,15H,9-13H2,1H3/t15-/m0/s1. The number of benzene rings is 1. The van der Waals surface area contributed by atoms with Gasteiger partial charge in [-0.3, -0.25) is 9.58 Å². The fourth-order valence-corrected chi connectivity index (χ4v) is 3.22. The van der Waals surface area contributed by atoms with Crippen LogP contribution in [0.4, 0.5) is 0 Å². The van der Waals surface area contributed by atoms with Crippen molar-refractivity contribution in [1.82, 2.24) is 24.6 Å². The number of para-hydroxylation sites is 1. The molecule has 6 nitrogen and oxygen atoms in total. The molecule has 3 aromatic rings. The van der Waals surface area contributed by atoms with E-state index in [0.29, 0.717) is 0 Å². The van der Waals surface area contributed by atoms with Crippen molar-refractivity contribution in [1.29, 1.82) is 0 Å². The summed E-state index contributed by atoms with van der Waals surface area (Å²) in [5, 5.41) is 5.38. The lowest BCUT2D eigenvalue weighted by Crippen LogP contribution is -2.44. The first-order valence-corrected chi connectivity index (χ1v) is 8.31. The number of rotatable bonds is 4. The van der Waals surface area contributed by atoms with Crippen LogP contribution in [-0.2, 0) is 17.8 Å². The highest BCUT2D eigenvalue weighted by molar-refractivity contribution is 5.80. The van der Waals surface area contributed by atoms with Crippen LogP contribution in [0.5, 0.6) is 0 Å². The molecule has 1 fully saturated rings. The summed E-state index contributed by atoms with van der Waals surface area (Å²) >= 11 is 0. The average Bonchev–Trinajstić information content (AvgIpc) is 3.08. The van der Waals surface area contributed by atoms with Gasteiger partial charge in [0.25, 0.3) is 0 Å². The largest absolute Gasteiger partial charge is 0.374 e. The van der Waals surface area contributed by atoms with Crippen molar-refractivity contribution in [2.24, 2.45) is 0 Å². The Kier molecular flexibility index (Phi) is 4.23. The first-order valence-electron chi connectivity index (χ1n) is 8.31. The average molecular weight is 323 g/mol. The summed E-state index contributed by atoms with van der Waals surface area (Å²) in [5.41, 5.74) is 2.05. The highest BCUT2D eigenvalue weighted by atomic mass is 16.5. The number of fused-ring (bicyclic) bond motifs is 1. The van der Waals surface area contributed by atoms with Gasteiger partial charge in [0.15, 0.2) is 0 Å². The number of aryl methyl sites for hydroxylation is 1. The molecule has 0 bridgehead atoms. The fraction of sp³-hybridized carbons (Fsp3) is 0.389. The molecule has 6 heteroatoms. The number of nitrogens with zero attached hydrogens (tertiary/aromatic N) is 5. The molecule has 1 atom stereocenters. The summed E-state index contributed by atoms with van der Waals surface area (Å²) in [5.74, 6) is 0.880. The molecule has 0 amide bonds. The zero-order valence-corrected chi connectivity index (χ0v) is 13.8. The molecule has 0 saturated carbocycles. The zero-order chi connectivity index (χ0) is 16.4. The predicted molar refractivity (Wildman–Crippen MR) is 91.5 cm³/mol. The Balaban J connectivity index is 1.46. The van der Waals surface area contributed by atoms with Crippen molar-refractivity contribution in [3.63, 3.8) is 0 Å². The molecule has 1 aliphatic rings. The molecule has 4 rings (SSSR count). The Labute approximate surface area is 141 Å². The fourth-order valence-electron chi connectivity index (χ4n) is 3.22. The maximum Gasteiger partial charge on any atom is 0.143 e. The quantitative estimate of drug-likeness (QED) is 0.735. The normalized spacial score (nSPS) is 19.0. The summed E-state index contributed by atoms with van der Waals surface area (Å²) in [7, 11) is 0. The van der Waals surface area contributed by atoms with E-state index in [1.165, 1.54) is 0 Å². The van der Waals surface area contributed by atoms with Crippen LogP contribution >= 0.6 is 0 Å². The SMILES string of the molecule is Cc1nc(CN2CCO[C@H](Cn3cccn3)C2)nc2ccccc12. The van der Waals surface area contributed by atoms with Crippen molar-refractivity contribution >= 4 is 10.9 Å². The molecule has 1 aromatic carbocycles. The summed E-state index contributed by atoms with van der Waals surface area (Å²) in [6.07, 6.45) is 3.92. The third-order valence-corrected chi connectivity index (χ3v) is 4.38. The number of hydrogen-bond donors (Lipinski definition) is 0. The van der Waals surface area contributed by atoms with Gasteiger partial charge in [0.2, 0.25) is 0 Å². The van der Waals surface area contributed by atoms with Crippen LogP contribution in [0.25, 0.3) is 10.9 Å². The molecule has 0 aliphatic carbocycles. The van der Waals surface area contributed by atoms with Crippen LogP contribution in [0.1, 0.15) is 11.5 Å². The minimum absolute atomic E-state index is 0.153. The molecular weight excluding hydrogens is 302 g/mol. The smallest absolute Gasteiger partial charge is 0.143 e. The van der Waals surface area contributed by atoms with E-state index in [4.69, 9.17) is 9.72 Å². The predicted octanol–water partition coefficient (Wildman–Crippen LogP) is 2.04. The topological polar surface area (TPSA) is 56.1 Å². The molecule has 24 heavy (non-hydrogen) atoms. The van der Waals surface area contributed by atoms with Gasteiger partial charge in [0.1, 0.15) is 5.82 Å². The number of hydrogen-bond acceptors (Lipinski definition) is 5. The van der Waals surface area contributed by atoms with E-state index >= 15 is 0 Å². The molecule has 1 saturated heterocycles. The van der Waals surface area contributed by atoms with Gasteiger partial charge in [-0.15, -0.1) is 0 Å². The van der Waals surface area contributed by atoms with Crippen molar-refractivity contribution < 1.29 is 4.74 Å². The van der Waals surface area contributed by atoms with E-state index in [1.54, 1.807) is 6.20 Å². The van der Waals surface area contributed by atoms with Crippen LogP contribution < -0.4 is 0 Å². The minimum atomic E-state index is 0.153. The number of aromatic nitrogens is 4. The van der Waals surface area contributed by atoms with Gasteiger partial charge in [-0.05, 0) is 19.1 Å². The van der Waals surface area contributed by atoms with E-state index in [0.717, 1.165) is 55.2 Å². The summed E-state index contributed by atoms with van der Waals surface area (Å²) in [6, 6.07) is 10.1. The maximum absolute atomic E-state index is 5.87. The Hall–Kier alpha value is -2.31. The lowest BCUT2D eigenvalue weighted by Gasteiger charge is -2.32. The van der Waals surface area contributed by atoms with E-state index in [1.807, 2.05) is 42.1 Å². The van der Waals surface area contributed by atoms with Gasteiger partial charge in [0.05, 0.1) is 31.3 Å². The van der Waals surface area contributed by atoms with Crippen LogP contribution in [0.2, 0.25) is 0 Å². The number of morpholine rings is 1. The molecule has 2 aromatic heterocycles. The van der Waals surface area contributed by atoms with E-state index in [-0.39, 0.29) is 6.10 Å². The highest BCUT2D eigenvalue weighted by Crippen LogP contribution is 2.16. The number of ether oxygens (including phenoxy) is 1. The Morgan fingerprint density at radius 3 is 3.00 bits per heavy atom. The molecule has 0 N–H and O–H groups in total. The first kappa shape index (κ1) is 15.2. The first-order chi connectivity index (χ1) is 11.8. The Morgan fingerprint density at radius 2 is 2.12 bits per heavy atom. The molecule has 0 radical (unpaired) electrons. The second-order valence-electron chi connectivity index (χ2n) is 6.20. The van der Waals surface area contributed by atoms with Gasteiger partial charge < -0.3 is 4.74 Å². The maximum atomic E-state index is 5.87. The molecule has 3 heterocycles. The third kappa shape index (κ3) is 3.29. The van der Waals surface area contributed by atoms with Crippen LogP contribution in [0, 0.1) is 6.92 Å². The van der Waals surface area contributed by atoms with Gasteiger partial charge >= 0.3 is 0 Å². The third-order valence-electron chi connectivity index (χ3n) is 4.38. The molecule has 124 valence electrons. The van der Waals surface area contributed by atoms with Crippen LogP contribution in [0.3, 0.4) is 0 Å². The van der Waals surface area contributed by atoms with Crippen molar-refractivity contribution in [2.75, 3.05) is 19.7 Å². The monoisotopic (exact) mass is 323 g/mol. The van der Waals surface area contributed by atoms with Gasteiger partial charge in [-0.1, -0.05) is 18.2 Å². The van der Waals surface area contributed by atoms with Crippen LogP contribution in [-0.4, -0.2) is 50.4 Å². The Bertz CT molecular complexity index is 817. The second-order valence-corrected chi connectivity index (χ2v) is 6.20.